The van der Waals surface area contributed by atoms with Gasteiger partial charge in [-0.05, 0) is 49.9 Å². The molecule has 0 saturated carbocycles. The van der Waals surface area contributed by atoms with Gasteiger partial charge in [0, 0.05) is 23.4 Å². The fourth-order valence-corrected chi connectivity index (χ4v) is 4.29. The predicted octanol–water partition coefficient (Wildman–Crippen LogP) is 5.60. The third-order valence-corrected chi connectivity index (χ3v) is 6.47. The van der Waals surface area contributed by atoms with E-state index < -0.39 is 6.04 Å². The molecule has 31 heavy (non-hydrogen) atoms. The van der Waals surface area contributed by atoms with E-state index in [-0.39, 0.29) is 17.9 Å². The van der Waals surface area contributed by atoms with E-state index >= 15 is 0 Å². The van der Waals surface area contributed by atoms with Crippen LogP contribution in [-0.2, 0) is 21.9 Å². The number of carbonyl (C=O) groups excluding carboxylic acids is 2. The molecule has 0 aromatic heterocycles. The normalized spacial score (nSPS) is 12.8. The van der Waals surface area contributed by atoms with E-state index in [4.69, 9.17) is 11.6 Å². The molecule has 0 aliphatic heterocycles. The number of thioether (sulfide) groups is 1. The van der Waals surface area contributed by atoms with Gasteiger partial charge in [0.2, 0.25) is 11.8 Å². The van der Waals surface area contributed by atoms with Crippen LogP contribution in [0, 0.1) is 6.92 Å². The van der Waals surface area contributed by atoms with E-state index in [9.17, 15) is 9.59 Å². The Labute approximate surface area is 195 Å². The average molecular weight is 461 g/mol. The lowest BCUT2D eigenvalue weighted by Gasteiger charge is -2.31. The highest BCUT2D eigenvalue weighted by Crippen LogP contribution is 2.19. The lowest BCUT2D eigenvalue weighted by molar-refractivity contribution is -0.139. The molecule has 0 unspecified atom stereocenters. The fraction of sp³-hybridized carbons (Fsp3) is 0.440. The van der Waals surface area contributed by atoms with E-state index in [0.717, 1.165) is 17.5 Å². The standard InChI is InChI=1S/C25H33ClN2O2S/c1-5-19(4)27-25(30)23(6-2)28(15-20-12-10-18(3)11-13-20)24(29)17-31-16-21-8-7-9-22(26)14-21/h7-14,19,23H,5-6,15-17H2,1-4H3,(H,27,30)/t19-,23+/m0/s1. The van der Waals surface area contributed by atoms with Crippen molar-refractivity contribution in [3.05, 3.63) is 70.2 Å². The maximum Gasteiger partial charge on any atom is 0.243 e. The molecule has 0 aliphatic carbocycles. The molecular weight excluding hydrogens is 428 g/mol. The Bertz CT molecular complexity index is 857. The molecular formula is C25H33ClN2O2S. The summed E-state index contributed by atoms with van der Waals surface area (Å²) in [6.07, 6.45) is 1.42. The molecule has 2 atom stereocenters. The zero-order valence-electron chi connectivity index (χ0n) is 18.9. The highest BCUT2D eigenvalue weighted by Gasteiger charge is 2.29. The van der Waals surface area contributed by atoms with Crippen molar-refractivity contribution in [2.24, 2.45) is 0 Å². The number of nitrogens with one attached hydrogen (secondary N) is 1. The van der Waals surface area contributed by atoms with Crippen molar-refractivity contribution in [2.45, 2.75) is 64.9 Å². The highest BCUT2D eigenvalue weighted by atomic mass is 35.5. The second kappa shape index (κ2) is 12.8. The van der Waals surface area contributed by atoms with Crippen molar-refractivity contribution in [2.75, 3.05) is 5.75 Å². The first kappa shape index (κ1) is 25.3. The molecule has 4 nitrogen and oxygen atoms in total. The Hall–Kier alpha value is -1.98. The smallest absolute Gasteiger partial charge is 0.243 e. The number of carbonyl (C=O) groups is 2. The molecule has 0 saturated heterocycles. The van der Waals surface area contributed by atoms with Crippen LogP contribution < -0.4 is 5.32 Å². The van der Waals surface area contributed by atoms with Crippen LogP contribution in [0.25, 0.3) is 0 Å². The van der Waals surface area contributed by atoms with Crippen LogP contribution in [-0.4, -0.2) is 34.6 Å². The highest BCUT2D eigenvalue weighted by molar-refractivity contribution is 7.99. The third kappa shape index (κ3) is 8.23. The van der Waals surface area contributed by atoms with Gasteiger partial charge in [0.25, 0.3) is 0 Å². The molecule has 0 heterocycles. The number of hydrogen-bond donors (Lipinski definition) is 1. The van der Waals surface area contributed by atoms with Crippen LogP contribution in [0.3, 0.4) is 0 Å². The van der Waals surface area contributed by atoms with Crippen molar-refractivity contribution in [1.82, 2.24) is 10.2 Å². The summed E-state index contributed by atoms with van der Waals surface area (Å²) in [5, 5.41) is 3.74. The summed E-state index contributed by atoms with van der Waals surface area (Å²) in [6.45, 7) is 8.43. The van der Waals surface area contributed by atoms with Gasteiger partial charge >= 0.3 is 0 Å². The zero-order chi connectivity index (χ0) is 22.8. The number of rotatable bonds is 11. The van der Waals surface area contributed by atoms with Gasteiger partial charge in [0.15, 0.2) is 0 Å². The van der Waals surface area contributed by atoms with Crippen molar-refractivity contribution in [3.8, 4) is 0 Å². The number of benzene rings is 2. The largest absolute Gasteiger partial charge is 0.352 e. The summed E-state index contributed by atoms with van der Waals surface area (Å²) < 4.78 is 0. The summed E-state index contributed by atoms with van der Waals surface area (Å²) >= 11 is 7.60. The van der Waals surface area contributed by atoms with Crippen molar-refractivity contribution in [3.63, 3.8) is 0 Å². The molecule has 0 aliphatic rings. The van der Waals surface area contributed by atoms with Crippen molar-refractivity contribution < 1.29 is 9.59 Å². The summed E-state index contributed by atoms with van der Waals surface area (Å²) in [4.78, 5) is 27.9. The van der Waals surface area contributed by atoms with Crippen LogP contribution in [0.15, 0.2) is 48.5 Å². The van der Waals surface area contributed by atoms with Gasteiger partial charge in [-0.3, -0.25) is 9.59 Å². The van der Waals surface area contributed by atoms with Gasteiger partial charge in [-0.15, -0.1) is 11.8 Å². The minimum atomic E-state index is -0.491. The predicted molar refractivity (Wildman–Crippen MR) is 131 cm³/mol. The van der Waals surface area contributed by atoms with Crippen LogP contribution in [0.5, 0.6) is 0 Å². The lowest BCUT2D eigenvalue weighted by atomic mass is 10.1. The van der Waals surface area contributed by atoms with Gasteiger partial charge in [0.05, 0.1) is 5.75 Å². The average Bonchev–Trinajstić information content (AvgIpc) is 2.74. The Morgan fingerprint density at radius 1 is 1.06 bits per heavy atom. The van der Waals surface area contributed by atoms with Gasteiger partial charge in [-0.1, -0.05) is 67.4 Å². The van der Waals surface area contributed by atoms with Crippen LogP contribution in [0.1, 0.15) is 50.3 Å². The summed E-state index contributed by atoms with van der Waals surface area (Å²) in [5.41, 5.74) is 3.27. The molecule has 2 rings (SSSR count). The summed E-state index contributed by atoms with van der Waals surface area (Å²) in [5.74, 6) is 0.891. The maximum absolute atomic E-state index is 13.2. The SMILES string of the molecule is CC[C@H](C(=O)N[C@@H](C)CC)N(Cc1ccc(C)cc1)C(=O)CSCc1cccc(Cl)c1. The number of nitrogens with zero attached hydrogens (tertiary/aromatic N) is 1. The lowest BCUT2D eigenvalue weighted by Crippen LogP contribution is -2.51. The Balaban J connectivity index is 2.13. The zero-order valence-corrected chi connectivity index (χ0v) is 20.4. The minimum Gasteiger partial charge on any atom is -0.352 e. The monoisotopic (exact) mass is 460 g/mol. The molecule has 6 heteroatoms. The Morgan fingerprint density at radius 3 is 2.39 bits per heavy atom. The quantitative estimate of drug-likeness (QED) is 0.474. The van der Waals surface area contributed by atoms with Crippen LogP contribution in [0.4, 0.5) is 0 Å². The molecule has 0 fully saturated rings. The maximum atomic E-state index is 13.2. The van der Waals surface area contributed by atoms with Gasteiger partial charge in [0.1, 0.15) is 6.04 Å². The second-order valence-corrected chi connectivity index (χ2v) is 9.29. The minimum absolute atomic E-state index is 0.0289. The first-order valence-electron chi connectivity index (χ1n) is 10.8. The van der Waals surface area contributed by atoms with Gasteiger partial charge < -0.3 is 10.2 Å². The molecule has 2 amide bonds. The van der Waals surface area contributed by atoms with Crippen molar-refractivity contribution in [1.29, 1.82) is 0 Å². The fourth-order valence-electron chi connectivity index (χ4n) is 3.22. The van der Waals surface area contributed by atoms with E-state index in [2.05, 4.69) is 5.32 Å². The number of hydrogen-bond acceptors (Lipinski definition) is 3. The van der Waals surface area contributed by atoms with Gasteiger partial charge in [-0.25, -0.2) is 0 Å². The van der Waals surface area contributed by atoms with E-state index in [1.54, 1.807) is 16.7 Å². The molecule has 0 bridgehead atoms. The van der Waals surface area contributed by atoms with Crippen LogP contribution >= 0.6 is 23.4 Å². The van der Waals surface area contributed by atoms with Gasteiger partial charge in [-0.2, -0.15) is 0 Å². The van der Waals surface area contributed by atoms with Crippen molar-refractivity contribution >= 4 is 35.2 Å². The van der Waals surface area contributed by atoms with Crippen LogP contribution in [0.2, 0.25) is 5.02 Å². The second-order valence-electron chi connectivity index (χ2n) is 7.87. The molecule has 1 N–H and O–H groups in total. The topological polar surface area (TPSA) is 49.4 Å². The van der Waals surface area contributed by atoms with E-state index in [1.165, 1.54) is 5.56 Å². The molecule has 2 aromatic rings. The number of halogens is 1. The third-order valence-electron chi connectivity index (χ3n) is 5.24. The van der Waals surface area contributed by atoms with E-state index in [0.29, 0.717) is 29.5 Å². The summed E-state index contributed by atoms with van der Waals surface area (Å²) in [6, 6.07) is 15.4. The number of aryl methyl sites for hydroxylation is 1. The molecule has 168 valence electrons. The Morgan fingerprint density at radius 2 is 1.77 bits per heavy atom. The summed E-state index contributed by atoms with van der Waals surface area (Å²) in [7, 11) is 0. The number of amides is 2. The Kier molecular flexibility index (Phi) is 10.4. The first-order chi connectivity index (χ1) is 14.8. The molecule has 0 spiro atoms. The molecule has 0 radical (unpaired) electrons. The first-order valence-corrected chi connectivity index (χ1v) is 12.3. The van der Waals surface area contributed by atoms with E-state index in [1.807, 2.05) is 76.2 Å². The molecule has 2 aromatic carbocycles.